The quantitative estimate of drug-likeness (QED) is 0.660. The van der Waals surface area contributed by atoms with E-state index in [4.69, 9.17) is 4.74 Å². The Bertz CT molecular complexity index is 273. The summed E-state index contributed by atoms with van der Waals surface area (Å²) >= 11 is 0. The minimum absolute atomic E-state index is 0. The summed E-state index contributed by atoms with van der Waals surface area (Å²) in [5, 5.41) is 6.35. The highest BCUT2D eigenvalue weighted by Crippen LogP contribution is 2.33. The number of carbonyl (C=O) groups is 1. The minimum atomic E-state index is 0. The molecule has 2 rings (SSSR count). The van der Waals surface area contributed by atoms with Gasteiger partial charge in [-0.3, -0.25) is 4.79 Å². The summed E-state index contributed by atoms with van der Waals surface area (Å²) in [6.07, 6.45) is 2.12. The fraction of sp³-hybridized carbons (Fsp3) is 0.923. The lowest BCUT2D eigenvalue weighted by Gasteiger charge is -2.27. The second-order valence-electron chi connectivity index (χ2n) is 5.07. The number of halogens is 1. The molecule has 0 bridgehead atoms. The van der Waals surface area contributed by atoms with Gasteiger partial charge in [-0.05, 0) is 26.3 Å². The van der Waals surface area contributed by atoms with Crippen LogP contribution in [-0.4, -0.2) is 62.8 Å². The first-order valence-electron chi connectivity index (χ1n) is 7.13. The molecular weight excluding hydrogens is 266 g/mol. The fourth-order valence-electron chi connectivity index (χ4n) is 2.43. The van der Waals surface area contributed by atoms with Gasteiger partial charge in [-0.25, -0.2) is 0 Å². The van der Waals surface area contributed by atoms with Crippen molar-refractivity contribution in [3.8, 4) is 0 Å². The smallest absolute Gasteiger partial charge is 0.225 e. The topological polar surface area (TPSA) is 53.6 Å². The molecule has 1 saturated carbocycles. The Kier molecular flexibility index (Phi) is 7.68. The van der Waals surface area contributed by atoms with Crippen LogP contribution < -0.4 is 10.6 Å². The largest absolute Gasteiger partial charge is 0.378 e. The summed E-state index contributed by atoms with van der Waals surface area (Å²) in [5.41, 5.74) is 0. The average Bonchev–Trinajstić information content (AvgIpc) is 3.16. The fourth-order valence-corrected chi connectivity index (χ4v) is 2.43. The summed E-state index contributed by atoms with van der Waals surface area (Å²) in [6, 6.07) is 0. The Morgan fingerprint density at radius 3 is 2.84 bits per heavy atom. The molecule has 0 aromatic rings. The molecule has 0 aromatic carbocycles. The normalized spacial score (nSPS) is 26.6. The van der Waals surface area contributed by atoms with Crippen molar-refractivity contribution in [3.63, 3.8) is 0 Å². The van der Waals surface area contributed by atoms with Crippen LogP contribution in [0.1, 0.15) is 19.8 Å². The van der Waals surface area contributed by atoms with Crippen LogP contribution in [0.25, 0.3) is 0 Å². The Labute approximate surface area is 121 Å². The third kappa shape index (κ3) is 5.65. The number of amides is 1. The van der Waals surface area contributed by atoms with Gasteiger partial charge in [0.05, 0.1) is 12.0 Å². The molecule has 19 heavy (non-hydrogen) atoms. The lowest BCUT2D eigenvalue weighted by Crippen LogP contribution is -2.44. The Morgan fingerprint density at radius 2 is 2.16 bits per heavy atom. The average molecular weight is 292 g/mol. The zero-order chi connectivity index (χ0) is 12.8. The molecule has 2 atom stereocenters. The highest BCUT2D eigenvalue weighted by molar-refractivity contribution is 5.85. The maximum atomic E-state index is 11.7. The monoisotopic (exact) mass is 291 g/mol. The predicted molar refractivity (Wildman–Crippen MR) is 77.7 cm³/mol. The highest BCUT2D eigenvalue weighted by atomic mass is 35.5. The number of nitrogens with one attached hydrogen (secondary N) is 2. The molecule has 0 radical (unpaired) electrons. The van der Waals surface area contributed by atoms with Gasteiger partial charge in [0.25, 0.3) is 0 Å². The van der Waals surface area contributed by atoms with Crippen LogP contribution in [-0.2, 0) is 9.53 Å². The van der Waals surface area contributed by atoms with Gasteiger partial charge < -0.3 is 20.3 Å². The van der Waals surface area contributed by atoms with Crippen molar-refractivity contribution in [1.29, 1.82) is 0 Å². The number of rotatable bonds is 7. The van der Waals surface area contributed by atoms with E-state index in [1.54, 1.807) is 0 Å². The highest BCUT2D eigenvalue weighted by Gasteiger charge is 2.43. The molecule has 2 fully saturated rings. The van der Waals surface area contributed by atoms with E-state index >= 15 is 0 Å². The van der Waals surface area contributed by atoms with Crippen molar-refractivity contribution in [2.75, 3.05) is 45.9 Å². The number of nitrogens with zero attached hydrogens (tertiary/aromatic N) is 1. The van der Waals surface area contributed by atoms with Gasteiger partial charge in [-0.2, -0.15) is 0 Å². The van der Waals surface area contributed by atoms with Crippen molar-refractivity contribution in [3.05, 3.63) is 0 Å². The van der Waals surface area contributed by atoms with Crippen molar-refractivity contribution >= 4 is 18.3 Å². The molecule has 0 aromatic heterocycles. The van der Waals surface area contributed by atoms with E-state index < -0.39 is 0 Å². The van der Waals surface area contributed by atoms with Crippen LogP contribution in [0.5, 0.6) is 0 Å². The molecule has 1 heterocycles. The van der Waals surface area contributed by atoms with Crippen molar-refractivity contribution < 1.29 is 9.53 Å². The molecule has 2 aliphatic rings. The second-order valence-corrected chi connectivity index (χ2v) is 5.07. The molecule has 1 amide bonds. The zero-order valence-corrected chi connectivity index (χ0v) is 12.5. The van der Waals surface area contributed by atoms with Crippen LogP contribution in [0.4, 0.5) is 0 Å². The maximum absolute atomic E-state index is 11.7. The number of hydrogen-bond donors (Lipinski definition) is 2. The standard InChI is InChI=1S/C13H25N3O2.ClH/c1-2-18-12-10-11(12)13(17)15-4-3-7-16-8-5-14-6-9-16;/h11-12,14H,2-10H2,1H3,(H,15,17);1H. The molecule has 2 N–H and O–H groups in total. The summed E-state index contributed by atoms with van der Waals surface area (Å²) in [4.78, 5) is 14.2. The first-order valence-corrected chi connectivity index (χ1v) is 7.13. The molecule has 1 aliphatic carbocycles. The molecule has 0 spiro atoms. The third-order valence-electron chi connectivity index (χ3n) is 3.61. The SMILES string of the molecule is CCOC1CC1C(=O)NCCCN1CCNCC1.Cl. The summed E-state index contributed by atoms with van der Waals surface area (Å²) < 4.78 is 5.41. The molecule has 6 heteroatoms. The lowest BCUT2D eigenvalue weighted by atomic mass is 10.3. The Hall–Kier alpha value is -0.360. The molecule has 5 nitrogen and oxygen atoms in total. The summed E-state index contributed by atoms with van der Waals surface area (Å²) in [5.74, 6) is 0.290. The Morgan fingerprint density at radius 1 is 1.42 bits per heavy atom. The van der Waals surface area contributed by atoms with Crippen LogP contribution in [0.2, 0.25) is 0 Å². The first kappa shape index (κ1) is 16.7. The van der Waals surface area contributed by atoms with E-state index in [0.29, 0.717) is 6.61 Å². The van der Waals surface area contributed by atoms with Gasteiger partial charge in [0.2, 0.25) is 5.91 Å². The number of piperazine rings is 1. The van der Waals surface area contributed by atoms with Gasteiger partial charge in [0, 0.05) is 39.3 Å². The zero-order valence-electron chi connectivity index (χ0n) is 11.7. The minimum Gasteiger partial charge on any atom is -0.378 e. The maximum Gasteiger partial charge on any atom is 0.225 e. The second kappa shape index (κ2) is 8.74. The van der Waals surface area contributed by atoms with Crippen LogP contribution in [0.3, 0.4) is 0 Å². The van der Waals surface area contributed by atoms with E-state index in [9.17, 15) is 4.79 Å². The van der Waals surface area contributed by atoms with E-state index in [1.807, 2.05) is 6.92 Å². The number of hydrogen-bond acceptors (Lipinski definition) is 4. The van der Waals surface area contributed by atoms with Crippen LogP contribution in [0, 0.1) is 5.92 Å². The first-order chi connectivity index (χ1) is 8.81. The van der Waals surface area contributed by atoms with Crippen molar-refractivity contribution in [1.82, 2.24) is 15.5 Å². The van der Waals surface area contributed by atoms with E-state index in [-0.39, 0.29) is 30.3 Å². The van der Waals surface area contributed by atoms with E-state index in [2.05, 4.69) is 15.5 Å². The lowest BCUT2D eigenvalue weighted by molar-refractivity contribution is -0.123. The van der Waals surface area contributed by atoms with E-state index in [0.717, 1.165) is 52.1 Å². The van der Waals surface area contributed by atoms with Crippen molar-refractivity contribution in [2.24, 2.45) is 5.92 Å². The summed E-state index contributed by atoms with van der Waals surface area (Å²) in [6.45, 7) is 8.98. The molecule has 2 unspecified atom stereocenters. The van der Waals surface area contributed by atoms with Crippen LogP contribution >= 0.6 is 12.4 Å². The molecule has 1 aliphatic heterocycles. The summed E-state index contributed by atoms with van der Waals surface area (Å²) in [7, 11) is 0. The van der Waals surface area contributed by atoms with E-state index in [1.165, 1.54) is 0 Å². The van der Waals surface area contributed by atoms with Gasteiger partial charge >= 0.3 is 0 Å². The predicted octanol–water partition coefficient (Wildman–Crippen LogP) is 0.245. The van der Waals surface area contributed by atoms with Crippen LogP contribution in [0.15, 0.2) is 0 Å². The van der Waals surface area contributed by atoms with Crippen molar-refractivity contribution in [2.45, 2.75) is 25.9 Å². The number of carbonyl (C=O) groups excluding carboxylic acids is 1. The third-order valence-corrected chi connectivity index (χ3v) is 3.61. The number of ether oxygens (including phenoxy) is 1. The van der Waals surface area contributed by atoms with Gasteiger partial charge in [-0.1, -0.05) is 0 Å². The van der Waals surface area contributed by atoms with Gasteiger partial charge in [0.1, 0.15) is 0 Å². The molecular formula is C13H26ClN3O2. The Balaban J connectivity index is 0.00000180. The molecule has 1 saturated heterocycles. The molecule has 112 valence electrons. The van der Waals surface area contributed by atoms with Gasteiger partial charge in [-0.15, -0.1) is 12.4 Å². The van der Waals surface area contributed by atoms with Gasteiger partial charge in [0.15, 0.2) is 0 Å².